The van der Waals surface area contributed by atoms with Gasteiger partial charge in [-0.05, 0) is 31.9 Å². The number of halogens is 1. The van der Waals surface area contributed by atoms with Crippen LogP contribution in [0.3, 0.4) is 0 Å². The van der Waals surface area contributed by atoms with Gasteiger partial charge < -0.3 is 24.6 Å². The second-order valence-electron chi connectivity index (χ2n) is 9.65. The molecule has 2 saturated heterocycles. The highest BCUT2D eigenvalue weighted by molar-refractivity contribution is 5.95. The van der Waals surface area contributed by atoms with Gasteiger partial charge in [-0.3, -0.25) is 9.88 Å². The second kappa shape index (κ2) is 11.2. The van der Waals surface area contributed by atoms with Crippen molar-refractivity contribution < 1.29 is 33.3 Å². The van der Waals surface area contributed by atoms with Gasteiger partial charge in [0.1, 0.15) is 24.4 Å². The summed E-state index contributed by atoms with van der Waals surface area (Å²) in [5.41, 5.74) is 1.60. The Bertz CT molecular complexity index is 1580. The largest absolute Gasteiger partial charge is 0.478 e. The second-order valence-corrected chi connectivity index (χ2v) is 9.65. The standard InChI is InChI=1S/C28H27FN6O6/c1-2-30-28(38)34-23-20-24(32-13-31-23)35(14-33-20)25-22-21(40-27(41-22)15-7-4-3-5-8-15)19(39-25)12-11-16-17(26(36)37)9-6-10-18(16)29/h3-10,13-14,19,21-22,25,27H,2,11-12H2,1H3,(H,36,37)(H2,30,31,32,34,38)/t19?,21?,22?,25?,27-/m0/s1. The summed E-state index contributed by atoms with van der Waals surface area (Å²) in [6, 6.07) is 13.0. The number of aromatic carboxylic acids is 1. The predicted octanol–water partition coefficient (Wildman–Crippen LogP) is 3.82. The maximum Gasteiger partial charge on any atom is 0.336 e. The maximum absolute atomic E-state index is 14.7. The first-order chi connectivity index (χ1) is 19.9. The molecule has 5 atom stereocenters. The molecule has 4 unspecified atom stereocenters. The Balaban J connectivity index is 1.31. The Kier molecular flexibility index (Phi) is 7.30. The van der Waals surface area contributed by atoms with Crippen LogP contribution in [-0.2, 0) is 20.6 Å². The van der Waals surface area contributed by atoms with E-state index in [1.807, 2.05) is 30.3 Å². The summed E-state index contributed by atoms with van der Waals surface area (Å²) < 4.78 is 35.5. The van der Waals surface area contributed by atoms with Gasteiger partial charge in [0, 0.05) is 17.7 Å². The minimum absolute atomic E-state index is 0.0914. The van der Waals surface area contributed by atoms with Gasteiger partial charge in [-0.2, -0.15) is 0 Å². The van der Waals surface area contributed by atoms with Crippen molar-refractivity contribution in [2.75, 3.05) is 11.9 Å². The van der Waals surface area contributed by atoms with Crippen LogP contribution in [0.25, 0.3) is 11.2 Å². The van der Waals surface area contributed by atoms with Crippen LogP contribution in [0.15, 0.2) is 61.2 Å². The van der Waals surface area contributed by atoms with Gasteiger partial charge in [-0.15, -0.1) is 0 Å². The normalized spacial score (nSPS) is 23.4. The fourth-order valence-electron chi connectivity index (χ4n) is 5.30. The van der Waals surface area contributed by atoms with Crippen molar-refractivity contribution in [1.29, 1.82) is 0 Å². The molecule has 13 heteroatoms. The monoisotopic (exact) mass is 562 g/mol. The third kappa shape index (κ3) is 5.10. The highest BCUT2D eigenvalue weighted by Crippen LogP contribution is 2.46. The lowest BCUT2D eigenvalue weighted by Crippen LogP contribution is -2.29. The smallest absolute Gasteiger partial charge is 0.336 e. The lowest BCUT2D eigenvalue weighted by atomic mass is 9.98. The number of hydrogen-bond donors (Lipinski definition) is 3. The summed E-state index contributed by atoms with van der Waals surface area (Å²) in [6.07, 6.45) is 0.151. The van der Waals surface area contributed by atoms with E-state index >= 15 is 0 Å². The molecule has 3 N–H and O–H groups in total. The number of ether oxygens (including phenoxy) is 3. The van der Waals surface area contributed by atoms with Crippen molar-refractivity contribution in [3.63, 3.8) is 0 Å². The van der Waals surface area contributed by atoms with Crippen LogP contribution in [0.5, 0.6) is 0 Å². The molecule has 2 aliphatic heterocycles. The molecule has 0 spiro atoms. The number of urea groups is 1. The molecule has 2 aromatic carbocycles. The quantitative estimate of drug-likeness (QED) is 0.291. The average molecular weight is 563 g/mol. The number of nitrogens with zero attached hydrogens (tertiary/aromatic N) is 4. The molecule has 12 nitrogen and oxygen atoms in total. The zero-order valence-corrected chi connectivity index (χ0v) is 21.9. The number of imidazole rings is 1. The van der Waals surface area contributed by atoms with E-state index in [0.717, 1.165) is 5.56 Å². The highest BCUT2D eigenvalue weighted by atomic mass is 19.1. The zero-order chi connectivity index (χ0) is 28.5. The van der Waals surface area contributed by atoms with Crippen LogP contribution in [0, 0.1) is 5.82 Å². The Morgan fingerprint density at radius 3 is 2.61 bits per heavy atom. The maximum atomic E-state index is 14.7. The fraction of sp³-hybridized carbons (Fsp3) is 0.321. The molecule has 2 fully saturated rings. The molecule has 6 rings (SSSR count). The number of nitrogens with one attached hydrogen (secondary N) is 2. The van der Waals surface area contributed by atoms with E-state index in [1.165, 1.54) is 30.9 Å². The Morgan fingerprint density at radius 1 is 1.02 bits per heavy atom. The van der Waals surface area contributed by atoms with Crippen molar-refractivity contribution in [3.05, 3.63) is 83.7 Å². The lowest BCUT2D eigenvalue weighted by molar-refractivity contribution is -0.148. The first-order valence-corrected chi connectivity index (χ1v) is 13.2. The topological polar surface area (TPSA) is 150 Å². The molecule has 0 saturated carbocycles. The number of fused-ring (bicyclic) bond motifs is 2. The van der Waals surface area contributed by atoms with E-state index < -0.39 is 48.6 Å². The summed E-state index contributed by atoms with van der Waals surface area (Å²) in [7, 11) is 0. The van der Waals surface area contributed by atoms with E-state index in [9.17, 15) is 19.1 Å². The fourth-order valence-corrected chi connectivity index (χ4v) is 5.30. The van der Waals surface area contributed by atoms with Crippen LogP contribution < -0.4 is 10.6 Å². The molecule has 0 aliphatic carbocycles. The molecular weight excluding hydrogens is 535 g/mol. The van der Waals surface area contributed by atoms with Gasteiger partial charge in [-0.1, -0.05) is 36.4 Å². The van der Waals surface area contributed by atoms with Gasteiger partial charge >= 0.3 is 12.0 Å². The van der Waals surface area contributed by atoms with Crippen LogP contribution in [0.1, 0.15) is 47.3 Å². The first kappa shape index (κ1) is 26.7. The van der Waals surface area contributed by atoms with Gasteiger partial charge in [0.05, 0.1) is 18.0 Å². The van der Waals surface area contributed by atoms with Crippen LogP contribution >= 0.6 is 0 Å². The van der Waals surface area contributed by atoms with Gasteiger partial charge in [0.15, 0.2) is 29.5 Å². The minimum atomic E-state index is -1.20. The third-order valence-electron chi connectivity index (χ3n) is 7.15. The van der Waals surface area contributed by atoms with Gasteiger partial charge in [0.25, 0.3) is 0 Å². The van der Waals surface area contributed by atoms with Crippen LogP contribution in [0.2, 0.25) is 0 Å². The number of carbonyl (C=O) groups excluding carboxylic acids is 1. The van der Waals surface area contributed by atoms with E-state index in [1.54, 1.807) is 11.5 Å². The van der Waals surface area contributed by atoms with E-state index in [2.05, 4.69) is 25.6 Å². The number of benzene rings is 2. The number of carboxylic acid groups (broad SMARTS) is 1. The predicted molar refractivity (Wildman–Crippen MR) is 143 cm³/mol. The number of carbonyl (C=O) groups is 2. The van der Waals surface area contributed by atoms with Gasteiger partial charge in [0.2, 0.25) is 0 Å². The summed E-state index contributed by atoms with van der Waals surface area (Å²) in [5.74, 6) is -1.56. The molecule has 2 amide bonds. The molecule has 4 aromatic rings. The third-order valence-corrected chi connectivity index (χ3v) is 7.15. The molecule has 0 radical (unpaired) electrons. The van der Waals surface area contributed by atoms with Gasteiger partial charge in [-0.25, -0.2) is 28.9 Å². The van der Waals surface area contributed by atoms with Crippen LogP contribution in [-0.4, -0.2) is 61.5 Å². The number of amides is 2. The summed E-state index contributed by atoms with van der Waals surface area (Å²) in [4.78, 5) is 36.8. The highest BCUT2D eigenvalue weighted by Gasteiger charge is 2.53. The number of rotatable bonds is 8. The molecule has 212 valence electrons. The molecule has 2 aliphatic rings. The first-order valence-electron chi connectivity index (χ1n) is 13.2. The number of anilines is 1. The molecule has 2 aromatic heterocycles. The number of carboxylic acids is 1. The van der Waals surface area contributed by atoms with Crippen molar-refractivity contribution in [1.82, 2.24) is 24.8 Å². The van der Waals surface area contributed by atoms with E-state index in [-0.39, 0.29) is 29.8 Å². The Hall–Kier alpha value is -4.46. The molecule has 0 bridgehead atoms. The average Bonchev–Trinajstić information content (AvgIpc) is 3.67. The number of aromatic nitrogens is 4. The van der Waals surface area contributed by atoms with E-state index in [4.69, 9.17) is 14.2 Å². The van der Waals surface area contributed by atoms with Crippen molar-refractivity contribution in [2.24, 2.45) is 0 Å². The van der Waals surface area contributed by atoms with E-state index in [0.29, 0.717) is 17.7 Å². The number of hydrogen-bond acceptors (Lipinski definition) is 8. The summed E-state index contributed by atoms with van der Waals surface area (Å²) >= 11 is 0. The van der Waals surface area contributed by atoms with Crippen molar-refractivity contribution >= 4 is 29.0 Å². The zero-order valence-electron chi connectivity index (χ0n) is 21.9. The molecular formula is C28H27FN6O6. The minimum Gasteiger partial charge on any atom is -0.478 e. The molecule has 4 heterocycles. The SMILES string of the molecule is CCNC(=O)Nc1ncnc2c1ncn2C1OC(CCc2c(F)cccc2C(=O)O)C2O[C@H](c3ccccc3)OC21. The Labute approximate surface area is 233 Å². The summed E-state index contributed by atoms with van der Waals surface area (Å²) in [6.45, 7) is 2.24. The van der Waals surface area contributed by atoms with Crippen LogP contribution in [0.4, 0.5) is 15.0 Å². The Morgan fingerprint density at radius 2 is 1.83 bits per heavy atom. The molecule has 41 heavy (non-hydrogen) atoms. The van der Waals surface area contributed by atoms with Crippen molar-refractivity contribution in [2.45, 2.75) is 50.6 Å². The van der Waals surface area contributed by atoms with Crippen molar-refractivity contribution in [3.8, 4) is 0 Å². The summed E-state index contributed by atoms with van der Waals surface area (Å²) in [5, 5.41) is 14.9. The lowest BCUT2D eigenvalue weighted by Gasteiger charge is -2.21.